The van der Waals surface area contributed by atoms with E-state index in [-0.39, 0.29) is 35.7 Å². The maximum absolute atomic E-state index is 14.1. The number of guanidine groups is 1. The van der Waals surface area contributed by atoms with Crippen LogP contribution in [0.2, 0.25) is 0 Å². The fraction of sp³-hybridized carbons (Fsp3) is 0.391. The first-order valence-electron chi connectivity index (χ1n) is 10.5. The van der Waals surface area contributed by atoms with E-state index in [0.29, 0.717) is 17.8 Å². The highest BCUT2D eigenvalue weighted by molar-refractivity contribution is 14.0. The number of carbonyl (C=O) groups is 1. The van der Waals surface area contributed by atoms with Crippen molar-refractivity contribution in [2.45, 2.75) is 13.3 Å². The van der Waals surface area contributed by atoms with Gasteiger partial charge in [0.25, 0.3) is 5.91 Å². The molecule has 0 aromatic heterocycles. The number of aliphatic imine (C=N–C) groups is 1. The molecule has 0 radical (unpaired) electrons. The molecule has 3 rings (SSSR count). The minimum atomic E-state index is -0.175. The van der Waals surface area contributed by atoms with Crippen LogP contribution in [0.15, 0.2) is 53.5 Å². The van der Waals surface area contributed by atoms with Crippen molar-refractivity contribution in [3.8, 4) is 0 Å². The Labute approximate surface area is 200 Å². The second kappa shape index (κ2) is 12.5. The Bertz CT molecular complexity index is 884. The summed E-state index contributed by atoms with van der Waals surface area (Å²) in [4.78, 5) is 20.9. The van der Waals surface area contributed by atoms with Crippen molar-refractivity contribution in [2.75, 3.05) is 51.2 Å². The zero-order valence-electron chi connectivity index (χ0n) is 18.1. The van der Waals surface area contributed by atoms with Gasteiger partial charge in [-0.05, 0) is 43.2 Å². The van der Waals surface area contributed by atoms with Crippen LogP contribution in [0.3, 0.4) is 0 Å². The Kier molecular flexibility index (Phi) is 10.0. The lowest BCUT2D eigenvalue weighted by molar-refractivity contribution is 0.0963. The Hall–Kier alpha value is -2.36. The van der Waals surface area contributed by atoms with Crippen molar-refractivity contribution in [1.82, 2.24) is 15.5 Å². The largest absolute Gasteiger partial charge is 0.366 e. The number of anilines is 1. The molecule has 2 aromatic carbocycles. The van der Waals surface area contributed by atoms with Gasteiger partial charge >= 0.3 is 0 Å². The molecule has 1 amide bonds. The number of amides is 1. The molecule has 2 aromatic rings. The van der Waals surface area contributed by atoms with E-state index in [0.717, 1.165) is 50.7 Å². The molecule has 31 heavy (non-hydrogen) atoms. The van der Waals surface area contributed by atoms with Gasteiger partial charge in [-0.25, -0.2) is 4.39 Å². The summed E-state index contributed by atoms with van der Waals surface area (Å²) in [5, 5.41) is 6.01. The van der Waals surface area contributed by atoms with Crippen molar-refractivity contribution in [3.63, 3.8) is 0 Å². The molecule has 1 saturated heterocycles. The van der Waals surface area contributed by atoms with Crippen molar-refractivity contribution in [1.29, 1.82) is 0 Å². The van der Waals surface area contributed by atoms with E-state index in [1.165, 1.54) is 6.07 Å². The van der Waals surface area contributed by atoms with Gasteiger partial charge in [-0.1, -0.05) is 24.3 Å². The van der Waals surface area contributed by atoms with E-state index < -0.39 is 0 Å². The SMILES string of the molecule is CCNC(=NCCc1cccc(C(=O)NC)c1)N1CCN(c2ccccc2F)CC1.I. The van der Waals surface area contributed by atoms with Crippen LogP contribution in [-0.2, 0) is 6.42 Å². The maximum atomic E-state index is 14.1. The van der Waals surface area contributed by atoms with E-state index >= 15 is 0 Å². The summed E-state index contributed by atoms with van der Waals surface area (Å²) < 4.78 is 14.1. The first kappa shape index (κ1) is 24.9. The zero-order chi connectivity index (χ0) is 21.3. The Morgan fingerprint density at radius 1 is 1.10 bits per heavy atom. The van der Waals surface area contributed by atoms with Crippen molar-refractivity contribution in [3.05, 3.63) is 65.5 Å². The average Bonchev–Trinajstić information content (AvgIpc) is 2.79. The van der Waals surface area contributed by atoms with Crippen molar-refractivity contribution >= 4 is 41.5 Å². The molecule has 1 aliphatic heterocycles. The van der Waals surface area contributed by atoms with Gasteiger partial charge in [-0.3, -0.25) is 9.79 Å². The molecule has 0 saturated carbocycles. The minimum absolute atomic E-state index is 0. The monoisotopic (exact) mass is 539 g/mol. The molecule has 6 nitrogen and oxygen atoms in total. The van der Waals surface area contributed by atoms with E-state index in [1.54, 1.807) is 13.1 Å². The van der Waals surface area contributed by atoms with Crippen LogP contribution in [0, 0.1) is 5.82 Å². The van der Waals surface area contributed by atoms with Gasteiger partial charge < -0.3 is 20.4 Å². The summed E-state index contributed by atoms with van der Waals surface area (Å²) in [7, 11) is 1.63. The summed E-state index contributed by atoms with van der Waals surface area (Å²) >= 11 is 0. The van der Waals surface area contributed by atoms with Crippen LogP contribution in [0.5, 0.6) is 0 Å². The van der Waals surface area contributed by atoms with Gasteiger partial charge in [-0.2, -0.15) is 0 Å². The fourth-order valence-electron chi connectivity index (χ4n) is 3.60. The standard InChI is InChI=1S/C23H30FN5O.HI/c1-3-26-23(27-12-11-18-7-6-8-19(17-18)22(30)25-2)29-15-13-28(14-16-29)21-10-5-4-9-20(21)24;/h4-10,17H,3,11-16H2,1-2H3,(H,25,30)(H,26,27);1H. The molecule has 0 bridgehead atoms. The molecule has 1 heterocycles. The van der Waals surface area contributed by atoms with E-state index in [2.05, 4.69) is 27.4 Å². The van der Waals surface area contributed by atoms with Gasteiger partial charge in [0.15, 0.2) is 5.96 Å². The molecule has 168 valence electrons. The smallest absolute Gasteiger partial charge is 0.251 e. The third-order valence-electron chi connectivity index (χ3n) is 5.19. The summed E-state index contributed by atoms with van der Waals surface area (Å²) in [6.45, 7) is 6.54. The van der Waals surface area contributed by atoms with Crippen molar-refractivity contribution < 1.29 is 9.18 Å². The molecule has 0 atom stereocenters. The van der Waals surface area contributed by atoms with Gasteiger partial charge in [-0.15, -0.1) is 24.0 Å². The molecule has 1 fully saturated rings. The molecule has 2 N–H and O–H groups in total. The molecule has 0 unspecified atom stereocenters. The fourth-order valence-corrected chi connectivity index (χ4v) is 3.60. The van der Waals surface area contributed by atoms with Gasteiger partial charge in [0.1, 0.15) is 5.82 Å². The molecule has 0 aliphatic carbocycles. The molecule has 1 aliphatic rings. The lowest BCUT2D eigenvalue weighted by Gasteiger charge is -2.37. The van der Waals surface area contributed by atoms with Crippen LogP contribution in [-0.4, -0.2) is 63.1 Å². The minimum Gasteiger partial charge on any atom is -0.366 e. The number of benzene rings is 2. The third-order valence-corrected chi connectivity index (χ3v) is 5.19. The average molecular weight is 539 g/mol. The number of hydrogen-bond acceptors (Lipinski definition) is 3. The predicted molar refractivity (Wildman–Crippen MR) is 135 cm³/mol. The summed E-state index contributed by atoms with van der Waals surface area (Å²) in [5.41, 5.74) is 2.41. The van der Waals surface area contributed by atoms with Crippen molar-refractivity contribution in [2.24, 2.45) is 4.99 Å². The second-order valence-corrected chi connectivity index (χ2v) is 7.19. The number of para-hydroxylation sites is 1. The highest BCUT2D eigenvalue weighted by atomic mass is 127. The third kappa shape index (κ3) is 6.81. The van der Waals surface area contributed by atoms with Crippen LogP contribution < -0.4 is 15.5 Å². The first-order chi connectivity index (χ1) is 14.6. The number of nitrogens with zero attached hydrogens (tertiary/aromatic N) is 3. The highest BCUT2D eigenvalue weighted by Gasteiger charge is 2.21. The van der Waals surface area contributed by atoms with E-state index in [1.807, 2.05) is 36.4 Å². The second-order valence-electron chi connectivity index (χ2n) is 7.19. The first-order valence-corrected chi connectivity index (χ1v) is 10.5. The number of halogens is 2. The van der Waals surface area contributed by atoms with Crippen LogP contribution >= 0.6 is 24.0 Å². The molecule has 0 spiro atoms. The summed E-state index contributed by atoms with van der Waals surface area (Å²) in [6, 6.07) is 14.6. The number of hydrogen-bond donors (Lipinski definition) is 2. The number of piperazine rings is 1. The van der Waals surface area contributed by atoms with Crippen LogP contribution in [0.4, 0.5) is 10.1 Å². The lowest BCUT2D eigenvalue weighted by Crippen LogP contribution is -2.52. The number of nitrogens with one attached hydrogen (secondary N) is 2. The highest BCUT2D eigenvalue weighted by Crippen LogP contribution is 2.20. The normalized spacial score (nSPS) is 14.1. The van der Waals surface area contributed by atoms with Crippen LogP contribution in [0.1, 0.15) is 22.8 Å². The predicted octanol–water partition coefficient (Wildman–Crippen LogP) is 3.13. The summed E-state index contributed by atoms with van der Waals surface area (Å²) in [6.07, 6.45) is 0.759. The number of carbonyl (C=O) groups excluding carboxylic acids is 1. The Balaban J connectivity index is 0.00000341. The molecular formula is C23H31FIN5O. The van der Waals surface area contributed by atoms with Gasteiger partial charge in [0, 0.05) is 51.9 Å². The summed E-state index contributed by atoms with van der Waals surface area (Å²) in [5.74, 6) is 0.625. The van der Waals surface area contributed by atoms with Crippen LogP contribution in [0.25, 0.3) is 0 Å². The van der Waals surface area contributed by atoms with Gasteiger partial charge in [0.2, 0.25) is 0 Å². The maximum Gasteiger partial charge on any atom is 0.251 e. The van der Waals surface area contributed by atoms with Gasteiger partial charge in [0.05, 0.1) is 5.69 Å². The Morgan fingerprint density at radius 2 is 1.84 bits per heavy atom. The Morgan fingerprint density at radius 3 is 2.52 bits per heavy atom. The zero-order valence-corrected chi connectivity index (χ0v) is 20.4. The topological polar surface area (TPSA) is 60.0 Å². The lowest BCUT2D eigenvalue weighted by atomic mass is 10.1. The number of rotatable bonds is 6. The molecule has 8 heteroatoms. The molecular weight excluding hydrogens is 508 g/mol. The quantitative estimate of drug-likeness (QED) is 0.337. The van der Waals surface area contributed by atoms with E-state index in [9.17, 15) is 9.18 Å². The van der Waals surface area contributed by atoms with E-state index in [4.69, 9.17) is 4.99 Å².